The SMILES string of the molecule is Cc1cncc(C2=CC(=O)NC2=O)c1. The summed E-state index contributed by atoms with van der Waals surface area (Å²) in [5.74, 6) is -0.728. The molecule has 2 heterocycles. The van der Waals surface area contributed by atoms with Crippen LogP contribution < -0.4 is 5.32 Å². The summed E-state index contributed by atoms with van der Waals surface area (Å²) in [7, 11) is 0. The predicted octanol–water partition coefficient (Wildman–Crippen LogP) is 0.430. The van der Waals surface area contributed by atoms with E-state index in [9.17, 15) is 9.59 Å². The van der Waals surface area contributed by atoms with E-state index >= 15 is 0 Å². The predicted molar refractivity (Wildman–Crippen MR) is 50.1 cm³/mol. The third-order valence-corrected chi connectivity index (χ3v) is 1.94. The molecular formula is C10H8N2O2. The molecule has 0 atom stereocenters. The van der Waals surface area contributed by atoms with Crippen molar-refractivity contribution in [1.29, 1.82) is 0 Å². The molecule has 1 aromatic heterocycles. The summed E-state index contributed by atoms with van der Waals surface area (Å²) in [6, 6.07) is 1.82. The third kappa shape index (κ3) is 1.42. The molecule has 0 fully saturated rings. The van der Waals surface area contributed by atoms with Crippen molar-refractivity contribution in [3.8, 4) is 0 Å². The Kier molecular flexibility index (Phi) is 1.89. The van der Waals surface area contributed by atoms with E-state index in [4.69, 9.17) is 0 Å². The van der Waals surface area contributed by atoms with Crippen molar-refractivity contribution < 1.29 is 9.59 Å². The highest BCUT2D eigenvalue weighted by Gasteiger charge is 2.21. The molecule has 0 aromatic carbocycles. The third-order valence-electron chi connectivity index (χ3n) is 1.94. The van der Waals surface area contributed by atoms with Gasteiger partial charge in [0.05, 0.1) is 5.57 Å². The summed E-state index contributed by atoms with van der Waals surface area (Å²) in [5, 5.41) is 2.19. The monoisotopic (exact) mass is 188 g/mol. The Hall–Kier alpha value is -1.97. The number of carbonyl (C=O) groups is 2. The summed E-state index contributed by atoms with van der Waals surface area (Å²) in [4.78, 5) is 26.1. The summed E-state index contributed by atoms with van der Waals surface area (Å²) in [5.41, 5.74) is 2.01. The number of carbonyl (C=O) groups excluding carboxylic acids is 2. The molecule has 1 aliphatic rings. The minimum atomic E-state index is -0.369. The van der Waals surface area contributed by atoms with Crippen molar-refractivity contribution in [2.24, 2.45) is 0 Å². The average molecular weight is 188 g/mol. The zero-order chi connectivity index (χ0) is 10.1. The number of pyridine rings is 1. The molecule has 1 aromatic rings. The Morgan fingerprint density at radius 1 is 1.29 bits per heavy atom. The zero-order valence-corrected chi connectivity index (χ0v) is 7.57. The Morgan fingerprint density at radius 2 is 2.07 bits per heavy atom. The fourth-order valence-corrected chi connectivity index (χ4v) is 1.33. The maximum absolute atomic E-state index is 11.3. The first-order chi connectivity index (χ1) is 6.66. The smallest absolute Gasteiger partial charge is 0.258 e. The van der Waals surface area contributed by atoms with Gasteiger partial charge in [-0.1, -0.05) is 0 Å². The minimum Gasteiger partial charge on any atom is -0.289 e. The van der Waals surface area contributed by atoms with E-state index in [2.05, 4.69) is 10.3 Å². The second-order valence-corrected chi connectivity index (χ2v) is 3.13. The lowest BCUT2D eigenvalue weighted by Gasteiger charge is -1.99. The number of imide groups is 1. The number of rotatable bonds is 1. The molecule has 0 unspecified atom stereocenters. The largest absolute Gasteiger partial charge is 0.289 e. The normalized spacial score (nSPS) is 15.4. The molecule has 0 saturated carbocycles. The van der Waals surface area contributed by atoms with Crippen LogP contribution >= 0.6 is 0 Å². The van der Waals surface area contributed by atoms with Gasteiger partial charge in [-0.25, -0.2) is 0 Å². The number of nitrogens with zero attached hydrogens (tertiary/aromatic N) is 1. The summed E-state index contributed by atoms with van der Waals surface area (Å²) < 4.78 is 0. The number of aromatic nitrogens is 1. The summed E-state index contributed by atoms with van der Waals surface area (Å²) >= 11 is 0. The molecule has 70 valence electrons. The molecular weight excluding hydrogens is 180 g/mol. The van der Waals surface area contributed by atoms with Crippen LogP contribution in [-0.4, -0.2) is 16.8 Å². The highest BCUT2D eigenvalue weighted by Crippen LogP contribution is 2.17. The number of aryl methyl sites for hydroxylation is 1. The van der Waals surface area contributed by atoms with Crippen LogP contribution in [0.25, 0.3) is 5.57 Å². The van der Waals surface area contributed by atoms with Crippen LogP contribution in [0, 0.1) is 6.92 Å². The molecule has 1 aliphatic heterocycles. The van der Waals surface area contributed by atoms with Gasteiger partial charge in [-0.05, 0) is 18.6 Å². The maximum atomic E-state index is 11.3. The zero-order valence-electron chi connectivity index (χ0n) is 7.57. The fraction of sp³-hybridized carbons (Fsp3) is 0.100. The van der Waals surface area contributed by atoms with Crippen molar-refractivity contribution in [1.82, 2.24) is 10.3 Å². The summed E-state index contributed by atoms with van der Waals surface area (Å²) in [6.07, 6.45) is 4.55. The number of hydrogen-bond acceptors (Lipinski definition) is 3. The molecule has 4 nitrogen and oxygen atoms in total. The lowest BCUT2D eigenvalue weighted by molar-refractivity contribution is -0.123. The van der Waals surface area contributed by atoms with E-state index in [1.807, 2.05) is 13.0 Å². The first-order valence-corrected chi connectivity index (χ1v) is 4.16. The molecule has 14 heavy (non-hydrogen) atoms. The molecule has 2 rings (SSSR count). The number of hydrogen-bond donors (Lipinski definition) is 1. The molecule has 0 spiro atoms. The van der Waals surface area contributed by atoms with E-state index < -0.39 is 0 Å². The van der Waals surface area contributed by atoms with Crippen LogP contribution in [-0.2, 0) is 9.59 Å². The van der Waals surface area contributed by atoms with Crippen molar-refractivity contribution in [3.63, 3.8) is 0 Å². The molecule has 1 N–H and O–H groups in total. The van der Waals surface area contributed by atoms with Crippen LogP contribution in [0.1, 0.15) is 11.1 Å². The average Bonchev–Trinajstić information content (AvgIpc) is 2.45. The van der Waals surface area contributed by atoms with E-state index in [0.29, 0.717) is 11.1 Å². The Bertz CT molecular complexity index is 449. The minimum absolute atomic E-state index is 0.359. The van der Waals surface area contributed by atoms with Gasteiger partial charge in [0.15, 0.2) is 0 Å². The van der Waals surface area contributed by atoms with Crippen LogP contribution in [0.2, 0.25) is 0 Å². The van der Waals surface area contributed by atoms with Crippen molar-refractivity contribution >= 4 is 17.4 Å². The van der Waals surface area contributed by atoms with Gasteiger partial charge in [-0.15, -0.1) is 0 Å². The van der Waals surface area contributed by atoms with Gasteiger partial charge in [0.25, 0.3) is 11.8 Å². The van der Waals surface area contributed by atoms with Crippen LogP contribution in [0.3, 0.4) is 0 Å². The van der Waals surface area contributed by atoms with Gasteiger partial charge in [-0.3, -0.25) is 19.9 Å². The highest BCUT2D eigenvalue weighted by molar-refractivity contribution is 6.33. The second-order valence-electron chi connectivity index (χ2n) is 3.13. The lowest BCUT2D eigenvalue weighted by atomic mass is 10.1. The van der Waals surface area contributed by atoms with Gasteiger partial charge in [-0.2, -0.15) is 0 Å². The quantitative estimate of drug-likeness (QED) is 0.650. The molecule has 0 radical (unpaired) electrons. The molecule has 0 bridgehead atoms. The van der Waals surface area contributed by atoms with Crippen molar-refractivity contribution in [2.75, 3.05) is 0 Å². The van der Waals surface area contributed by atoms with E-state index in [-0.39, 0.29) is 11.8 Å². The van der Waals surface area contributed by atoms with Gasteiger partial charge < -0.3 is 0 Å². The van der Waals surface area contributed by atoms with Crippen LogP contribution in [0.5, 0.6) is 0 Å². The molecule has 0 saturated heterocycles. The van der Waals surface area contributed by atoms with E-state index in [0.717, 1.165) is 5.56 Å². The van der Waals surface area contributed by atoms with Gasteiger partial charge in [0.2, 0.25) is 0 Å². The van der Waals surface area contributed by atoms with Gasteiger partial charge in [0, 0.05) is 24.0 Å². The fourth-order valence-electron chi connectivity index (χ4n) is 1.33. The van der Waals surface area contributed by atoms with E-state index in [1.165, 1.54) is 6.08 Å². The summed E-state index contributed by atoms with van der Waals surface area (Å²) in [6.45, 7) is 1.88. The first kappa shape index (κ1) is 8.62. The second kappa shape index (κ2) is 3.06. The molecule has 0 aliphatic carbocycles. The van der Waals surface area contributed by atoms with Crippen molar-refractivity contribution in [3.05, 3.63) is 35.7 Å². The standard InChI is InChI=1S/C10H8N2O2/c1-6-2-7(5-11-4-6)8-3-9(13)12-10(8)14/h2-5H,1H3,(H,12,13,14). The van der Waals surface area contributed by atoms with E-state index in [1.54, 1.807) is 12.4 Å². The first-order valence-electron chi connectivity index (χ1n) is 4.16. The van der Waals surface area contributed by atoms with Crippen molar-refractivity contribution in [2.45, 2.75) is 6.92 Å². The number of amides is 2. The molecule has 2 amide bonds. The van der Waals surface area contributed by atoms with Crippen LogP contribution in [0.4, 0.5) is 0 Å². The number of nitrogens with one attached hydrogen (secondary N) is 1. The lowest BCUT2D eigenvalue weighted by Crippen LogP contribution is -2.21. The Balaban J connectivity index is 2.45. The highest BCUT2D eigenvalue weighted by atomic mass is 16.2. The topological polar surface area (TPSA) is 59.1 Å². The Labute approximate surface area is 80.7 Å². The maximum Gasteiger partial charge on any atom is 0.258 e. The Morgan fingerprint density at radius 3 is 2.64 bits per heavy atom. The van der Waals surface area contributed by atoms with Gasteiger partial charge in [0.1, 0.15) is 0 Å². The van der Waals surface area contributed by atoms with Crippen LogP contribution in [0.15, 0.2) is 24.5 Å². The van der Waals surface area contributed by atoms with Gasteiger partial charge >= 0.3 is 0 Å². The molecule has 4 heteroatoms.